The quantitative estimate of drug-likeness (QED) is 0.765. The molecule has 4 rings (SSSR count). The monoisotopic (exact) mass is 363 g/mol. The number of ether oxygens (including phenoxy) is 1. The molecule has 0 amide bonds. The van der Waals surface area contributed by atoms with Crippen LogP contribution in [-0.4, -0.2) is 16.4 Å². The van der Waals surface area contributed by atoms with Gasteiger partial charge in [0.05, 0.1) is 55.2 Å². The Morgan fingerprint density at radius 2 is 2.00 bits per heavy atom. The lowest BCUT2D eigenvalue weighted by molar-refractivity contribution is -0.137. The van der Waals surface area contributed by atoms with Crippen molar-refractivity contribution in [3.63, 3.8) is 0 Å². The minimum absolute atomic E-state index is 0.0629. The Morgan fingerprint density at radius 1 is 1.19 bits per heavy atom. The van der Waals surface area contributed by atoms with E-state index < -0.39 is 11.7 Å². The largest absolute Gasteiger partial charge is 0.468 e. The molecule has 1 N–H and O–H groups in total. The maximum atomic E-state index is 12.7. The lowest BCUT2D eigenvalue weighted by Crippen LogP contribution is -2.29. The lowest BCUT2D eigenvalue weighted by atomic mass is 10.1. The summed E-state index contributed by atoms with van der Waals surface area (Å²) in [7, 11) is 0. The van der Waals surface area contributed by atoms with E-state index in [4.69, 9.17) is 9.15 Å². The van der Waals surface area contributed by atoms with Crippen molar-refractivity contribution in [3.8, 4) is 5.69 Å². The van der Waals surface area contributed by atoms with Gasteiger partial charge in [-0.05, 0) is 36.4 Å². The van der Waals surface area contributed by atoms with Crippen LogP contribution < -0.4 is 5.32 Å². The SMILES string of the molecule is FC(F)(F)c1ccc(-n2ncc3c2COC[C@@H]3NCc2ccco2)cc1. The van der Waals surface area contributed by atoms with Crippen LogP contribution in [0.5, 0.6) is 0 Å². The summed E-state index contributed by atoms with van der Waals surface area (Å²) in [4.78, 5) is 0. The summed E-state index contributed by atoms with van der Waals surface area (Å²) >= 11 is 0. The van der Waals surface area contributed by atoms with Crippen molar-refractivity contribution in [1.82, 2.24) is 15.1 Å². The molecule has 0 radical (unpaired) electrons. The van der Waals surface area contributed by atoms with Crippen LogP contribution in [-0.2, 0) is 24.1 Å². The average molecular weight is 363 g/mol. The van der Waals surface area contributed by atoms with Crippen molar-refractivity contribution in [2.45, 2.75) is 25.4 Å². The minimum Gasteiger partial charge on any atom is -0.468 e. The molecule has 0 saturated heterocycles. The predicted molar refractivity (Wildman–Crippen MR) is 86.5 cm³/mol. The average Bonchev–Trinajstić information content (AvgIpc) is 3.29. The number of nitrogens with zero attached hydrogens (tertiary/aromatic N) is 2. The second-order valence-electron chi connectivity index (χ2n) is 6.03. The molecule has 3 aromatic rings. The zero-order valence-corrected chi connectivity index (χ0v) is 13.7. The maximum absolute atomic E-state index is 12.7. The van der Waals surface area contributed by atoms with Crippen LogP contribution in [0.1, 0.15) is 28.6 Å². The zero-order chi connectivity index (χ0) is 18.1. The summed E-state index contributed by atoms with van der Waals surface area (Å²) in [5.41, 5.74) is 1.68. The van der Waals surface area contributed by atoms with Gasteiger partial charge in [-0.2, -0.15) is 18.3 Å². The molecule has 0 bridgehead atoms. The van der Waals surface area contributed by atoms with E-state index in [1.807, 2.05) is 12.1 Å². The van der Waals surface area contributed by atoms with Gasteiger partial charge in [0.2, 0.25) is 0 Å². The highest BCUT2D eigenvalue weighted by atomic mass is 19.4. The van der Waals surface area contributed by atoms with Gasteiger partial charge in [-0.1, -0.05) is 0 Å². The molecule has 3 heterocycles. The Bertz CT molecular complexity index is 870. The first-order valence-electron chi connectivity index (χ1n) is 8.10. The third kappa shape index (κ3) is 3.25. The Balaban J connectivity index is 1.56. The van der Waals surface area contributed by atoms with Gasteiger partial charge >= 0.3 is 6.18 Å². The predicted octanol–water partition coefficient (Wildman–Crippen LogP) is 3.85. The fraction of sp³-hybridized carbons (Fsp3) is 0.278. The van der Waals surface area contributed by atoms with E-state index in [9.17, 15) is 13.2 Å². The number of nitrogens with one attached hydrogen (secondary N) is 1. The molecule has 2 aromatic heterocycles. The van der Waals surface area contributed by atoms with Crippen LogP contribution in [0.15, 0.2) is 53.3 Å². The van der Waals surface area contributed by atoms with Gasteiger partial charge in [-0.3, -0.25) is 0 Å². The minimum atomic E-state index is -4.36. The molecule has 0 fully saturated rings. The van der Waals surface area contributed by atoms with Crippen LogP contribution >= 0.6 is 0 Å². The van der Waals surface area contributed by atoms with E-state index in [0.29, 0.717) is 25.4 Å². The van der Waals surface area contributed by atoms with Crippen molar-refractivity contribution in [3.05, 3.63) is 71.4 Å². The molecule has 0 unspecified atom stereocenters. The maximum Gasteiger partial charge on any atom is 0.416 e. The molecule has 136 valence electrons. The second kappa shape index (κ2) is 6.62. The van der Waals surface area contributed by atoms with E-state index in [0.717, 1.165) is 29.2 Å². The van der Waals surface area contributed by atoms with Crippen molar-refractivity contribution in [2.24, 2.45) is 0 Å². The molecule has 0 spiro atoms. The van der Waals surface area contributed by atoms with E-state index in [-0.39, 0.29) is 6.04 Å². The lowest BCUT2D eigenvalue weighted by Gasteiger charge is -2.24. The summed E-state index contributed by atoms with van der Waals surface area (Å²) in [6.45, 7) is 1.40. The molecule has 0 saturated carbocycles. The van der Waals surface area contributed by atoms with Gasteiger partial charge < -0.3 is 14.5 Å². The Hall–Kier alpha value is -2.58. The molecule has 1 aliphatic rings. The first-order valence-corrected chi connectivity index (χ1v) is 8.10. The molecule has 5 nitrogen and oxygen atoms in total. The summed E-state index contributed by atoms with van der Waals surface area (Å²) < 4.78 is 50.8. The molecule has 8 heteroatoms. The summed E-state index contributed by atoms with van der Waals surface area (Å²) in [5, 5.41) is 7.70. The van der Waals surface area contributed by atoms with E-state index in [2.05, 4.69) is 10.4 Å². The third-order valence-electron chi connectivity index (χ3n) is 4.34. The topological polar surface area (TPSA) is 52.2 Å². The first-order chi connectivity index (χ1) is 12.5. The van der Waals surface area contributed by atoms with Crippen LogP contribution in [0.25, 0.3) is 5.69 Å². The van der Waals surface area contributed by atoms with Crippen molar-refractivity contribution in [1.29, 1.82) is 0 Å². The number of benzene rings is 1. The number of halogens is 3. The Labute approximate surface area is 147 Å². The van der Waals surface area contributed by atoms with Gasteiger partial charge in [0.25, 0.3) is 0 Å². The molecule has 1 aromatic carbocycles. The number of furan rings is 1. The molecular weight excluding hydrogens is 347 g/mol. The van der Waals surface area contributed by atoms with Crippen LogP contribution in [0.3, 0.4) is 0 Å². The van der Waals surface area contributed by atoms with E-state index in [1.54, 1.807) is 17.1 Å². The number of hydrogen-bond donors (Lipinski definition) is 1. The van der Waals surface area contributed by atoms with E-state index in [1.165, 1.54) is 12.1 Å². The number of alkyl halides is 3. The Kier molecular flexibility index (Phi) is 4.29. The van der Waals surface area contributed by atoms with Gasteiger partial charge in [0, 0.05) is 5.56 Å². The van der Waals surface area contributed by atoms with Crippen LogP contribution in [0.4, 0.5) is 13.2 Å². The van der Waals surface area contributed by atoms with Crippen LogP contribution in [0, 0.1) is 0 Å². The van der Waals surface area contributed by atoms with Gasteiger partial charge in [0.15, 0.2) is 0 Å². The molecular formula is C18H16F3N3O2. The number of hydrogen-bond acceptors (Lipinski definition) is 4. The second-order valence-corrected chi connectivity index (χ2v) is 6.03. The third-order valence-corrected chi connectivity index (χ3v) is 4.34. The van der Waals surface area contributed by atoms with Crippen molar-refractivity contribution in [2.75, 3.05) is 6.61 Å². The van der Waals surface area contributed by atoms with E-state index >= 15 is 0 Å². The normalized spacial score (nSPS) is 17.3. The highest BCUT2D eigenvalue weighted by Crippen LogP contribution is 2.31. The highest BCUT2D eigenvalue weighted by molar-refractivity contribution is 5.39. The van der Waals surface area contributed by atoms with Gasteiger partial charge in [-0.15, -0.1) is 0 Å². The fourth-order valence-corrected chi connectivity index (χ4v) is 3.01. The fourth-order valence-electron chi connectivity index (χ4n) is 3.01. The Morgan fingerprint density at radius 3 is 2.69 bits per heavy atom. The van der Waals surface area contributed by atoms with Gasteiger partial charge in [0.1, 0.15) is 5.76 Å². The molecule has 1 atom stereocenters. The summed E-state index contributed by atoms with van der Waals surface area (Å²) in [6.07, 6.45) is -1.01. The van der Waals surface area contributed by atoms with Crippen LogP contribution in [0.2, 0.25) is 0 Å². The smallest absolute Gasteiger partial charge is 0.416 e. The summed E-state index contributed by atoms with van der Waals surface area (Å²) in [5.74, 6) is 0.812. The highest BCUT2D eigenvalue weighted by Gasteiger charge is 2.30. The molecule has 0 aliphatic carbocycles. The van der Waals surface area contributed by atoms with Crippen molar-refractivity contribution >= 4 is 0 Å². The molecule has 1 aliphatic heterocycles. The van der Waals surface area contributed by atoms with Gasteiger partial charge in [-0.25, -0.2) is 4.68 Å². The standard InChI is InChI=1S/C18H16F3N3O2/c19-18(20,21)12-3-5-13(6-4-12)24-17-11-25-10-16(15(17)9-23-24)22-8-14-2-1-7-26-14/h1-7,9,16,22H,8,10-11H2/t16-/m0/s1. The number of aromatic nitrogens is 2. The van der Waals surface area contributed by atoms with Crippen molar-refractivity contribution < 1.29 is 22.3 Å². The number of rotatable bonds is 4. The first kappa shape index (κ1) is 16.9. The number of fused-ring (bicyclic) bond motifs is 1. The summed E-state index contributed by atoms with van der Waals surface area (Å²) in [6, 6.07) is 8.57. The zero-order valence-electron chi connectivity index (χ0n) is 13.7. The molecule has 26 heavy (non-hydrogen) atoms.